The van der Waals surface area contributed by atoms with Crippen LogP contribution in [0.5, 0.6) is 0 Å². The van der Waals surface area contributed by atoms with E-state index >= 15 is 0 Å². The van der Waals surface area contributed by atoms with Crippen molar-refractivity contribution in [2.24, 2.45) is 0 Å². The van der Waals surface area contributed by atoms with Crippen molar-refractivity contribution in [1.29, 1.82) is 0 Å². The van der Waals surface area contributed by atoms with Gasteiger partial charge in [0.05, 0.1) is 0 Å². The summed E-state index contributed by atoms with van der Waals surface area (Å²) < 4.78 is 0. The quantitative estimate of drug-likeness (QED) is 0.519. The van der Waals surface area contributed by atoms with Gasteiger partial charge in [0.1, 0.15) is 0 Å². The third kappa shape index (κ3) is 3.37. The van der Waals surface area contributed by atoms with Crippen LogP contribution < -0.4 is 0 Å². The largest absolute Gasteiger partial charge is 0.0801 e. The lowest BCUT2D eigenvalue weighted by molar-refractivity contribution is 0.819. The molecule has 0 radical (unpaired) electrons. The van der Waals surface area contributed by atoms with E-state index in [4.69, 9.17) is 0 Å². The molecule has 0 fully saturated rings. The number of aryl methyl sites for hydroxylation is 2. The Morgan fingerprint density at radius 1 is 0.947 bits per heavy atom. The van der Waals surface area contributed by atoms with Gasteiger partial charge in [-0.15, -0.1) is 0 Å². The number of hydrogen-bond donors (Lipinski definition) is 0. The predicted octanol–water partition coefficient (Wildman–Crippen LogP) is 6.18. The van der Waals surface area contributed by atoms with Crippen LogP contribution in [0, 0.1) is 6.92 Å². The van der Waals surface area contributed by atoms with E-state index in [-0.39, 0.29) is 0 Å². The smallest absolute Gasteiger partial charge is 0.0120 e. The van der Waals surface area contributed by atoms with Gasteiger partial charge in [-0.25, -0.2) is 0 Å². The van der Waals surface area contributed by atoms with Gasteiger partial charge in [-0.2, -0.15) is 0 Å². The van der Waals surface area contributed by atoms with Gasteiger partial charge in [-0.05, 0) is 60.4 Å². The van der Waals surface area contributed by atoms with Crippen molar-refractivity contribution in [3.63, 3.8) is 0 Å². The van der Waals surface area contributed by atoms with E-state index in [2.05, 4.69) is 37.3 Å². The van der Waals surface area contributed by atoms with Crippen LogP contribution in [0.25, 0.3) is 11.6 Å². The lowest BCUT2D eigenvalue weighted by Crippen LogP contribution is -2.04. The highest BCUT2D eigenvalue weighted by molar-refractivity contribution is 5.80. The van der Waals surface area contributed by atoms with Crippen LogP contribution >= 0.6 is 0 Å². The molecule has 0 aromatic heterocycles. The molecule has 0 bridgehead atoms. The molecule has 1 aromatic carbocycles. The van der Waals surface area contributed by atoms with Gasteiger partial charge in [0, 0.05) is 0 Å². The molecule has 0 nitrogen and oxygen atoms in total. The molecule has 0 saturated carbocycles. The normalized spacial score (nSPS) is 14.9. The Kier molecular flexibility index (Phi) is 6.62. The maximum absolute atomic E-state index is 2.41. The molecule has 0 unspecified atom stereocenters. The highest BCUT2D eigenvalue weighted by atomic mass is 14.2. The molecule has 0 saturated heterocycles. The first-order valence-electron chi connectivity index (χ1n) is 7.84. The van der Waals surface area contributed by atoms with Crippen LogP contribution in [-0.4, -0.2) is 0 Å². The highest BCUT2D eigenvalue weighted by Crippen LogP contribution is 2.37. The Morgan fingerprint density at radius 2 is 1.68 bits per heavy atom. The number of benzene rings is 1. The number of rotatable bonds is 0. The Morgan fingerprint density at radius 3 is 2.42 bits per heavy atom. The second-order valence-corrected chi connectivity index (χ2v) is 4.55. The van der Waals surface area contributed by atoms with Crippen LogP contribution in [0.2, 0.25) is 0 Å². The van der Waals surface area contributed by atoms with Crippen molar-refractivity contribution in [3.05, 3.63) is 46.5 Å². The van der Waals surface area contributed by atoms with Crippen molar-refractivity contribution in [2.45, 2.75) is 60.3 Å². The molecule has 3 rings (SSSR count). The fraction of sp³-hybridized carbons (Fsp3) is 0.474. The van der Waals surface area contributed by atoms with Crippen molar-refractivity contribution in [3.8, 4) is 0 Å². The lowest BCUT2D eigenvalue weighted by Gasteiger charge is -2.22. The predicted molar refractivity (Wildman–Crippen MR) is 88.4 cm³/mol. The van der Waals surface area contributed by atoms with Gasteiger partial charge in [-0.1, -0.05) is 58.1 Å². The Bertz CT molecular complexity index is 461. The van der Waals surface area contributed by atoms with E-state index in [1.165, 1.54) is 30.4 Å². The van der Waals surface area contributed by atoms with Crippen LogP contribution in [0.4, 0.5) is 0 Å². The molecule has 19 heavy (non-hydrogen) atoms. The average Bonchev–Trinajstić information content (AvgIpc) is 2.71. The third-order valence-corrected chi connectivity index (χ3v) is 3.55. The van der Waals surface area contributed by atoms with E-state index in [9.17, 15) is 0 Å². The molecular weight excluding hydrogens is 228 g/mol. The molecule has 0 amide bonds. The number of allylic oxidation sites excluding steroid dienone is 3. The molecule has 0 spiro atoms. The summed E-state index contributed by atoms with van der Waals surface area (Å²) >= 11 is 0. The van der Waals surface area contributed by atoms with Crippen molar-refractivity contribution in [1.82, 2.24) is 0 Å². The van der Waals surface area contributed by atoms with Gasteiger partial charge in [0.25, 0.3) is 0 Å². The highest BCUT2D eigenvalue weighted by Gasteiger charge is 2.18. The molecule has 0 heteroatoms. The topological polar surface area (TPSA) is 0 Å². The molecule has 2 aliphatic carbocycles. The van der Waals surface area contributed by atoms with Gasteiger partial charge in [0.2, 0.25) is 0 Å². The van der Waals surface area contributed by atoms with Gasteiger partial charge in [-0.3, -0.25) is 0 Å². The standard InChI is InChI=1S/C15H16.2C2H6/c1-11-9-10-13-7-4-6-12-5-2-3-8-14(11)15(12)13;2*1-2/h3,5,8-10H,2,4,6-7H2,1H3;2*1-2H3. The van der Waals surface area contributed by atoms with Crippen LogP contribution in [-0.2, 0) is 6.42 Å². The van der Waals surface area contributed by atoms with E-state index in [0.717, 1.165) is 6.42 Å². The summed E-state index contributed by atoms with van der Waals surface area (Å²) in [6.45, 7) is 10.2. The molecule has 104 valence electrons. The lowest BCUT2D eigenvalue weighted by atomic mass is 9.83. The summed E-state index contributed by atoms with van der Waals surface area (Å²) in [6.07, 6.45) is 11.9. The van der Waals surface area contributed by atoms with E-state index in [0.29, 0.717) is 0 Å². The summed E-state index contributed by atoms with van der Waals surface area (Å²) in [5.41, 5.74) is 7.57. The van der Waals surface area contributed by atoms with Gasteiger partial charge < -0.3 is 0 Å². The summed E-state index contributed by atoms with van der Waals surface area (Å²) in [4.78, 5) is 0. The zero-order chi connectivity index (χ0) is 14.3. The number of hydrogen-bond acceptors (Lipinski definition) is 0. The van der Waals surface area contributed by atoms with E-state index < -0.39 is 0 Å². The fourth-order valence-corrected chi connectivity index (χ4v) is 2.77. The molecule has 2 aliphatic rings. The first kappa shape index (κ1) is 15.8. The fourth-order valence-electron chi connectivity index (χ4n) is 2.77. The van der Waals surface area contributed by atoms with Crippen LogP contribution in [0.3, 0.4) is 0 Å². The Hall–Kier alpha value is -1.30. The Labute approximate surface area is 119 Å². The molecule has 1 aromatic rings. The molecule has 0 atom stereocenters. The molecule has 0 aliphatic heterocycles. The van der Waals surface area contributed by atoms with Crippen LogP contribution in [0.15, 0.2) is 24.3 Å². The first-order valence-corrected chi connectivity index (χ1v) is 7.84. The molecule has 0 heterocycles. The maximum Gasteiger partial charge on any atom is -0.0120 e. The van der Waals surface area contributed by atoms with Crippen molar-refractivity contribution in [2.75, 3.05) is 0 Å². The SMILES string of the molecule is CC.CC.Cc1ccc2c3c1C=CCC=C3CCC2. The summed E-state index contributed by atoms with van der Waals surface area (Å²) in [5, 5.41) is 0. The first-order chi connectivity index (χ1) is 9.36. The minimum Gasteiger partial charge on any atom is -0.0801 e. The summed E-state index contributed by atoms with van der Waals surface area (Å²) in [7, 11) is 0. The van der Waals surface area contributed by atoms with E-state index in [1.54, 1.807) is 16.7 Å². The second-order valence-electron chi connectivity index (χ2n) is 4.55. The Balaban J connectivity index is 0.000000415. The molecular formula is C19H28. The third-order valence-electron chi connectivity index (χ3n) is 3.55. The zero-order valence-corrected chi connectivity index (χ0v) is 13.2. The minimum absolute atomic E-state index is 1.10. The van der Waals surface area contributed by atoms with Gasteiger partial charge >= 0.3 is 0 Å². The summed E-state index contributed by atoms with van der Waals surface area (Å²) in [5.74, 6) is 0. The van der Waals surface area contributed by atoms with Crippen molar-refractivity contribution < 1.29 is 0 Å². The van der Waals surface area contributed by atoms with Crippen molar-refractivity contribution >= 4 is 11.6 Å². The maximum atomic E-state index is 2.41. The van der Waals surface area contributed by atoms with Crippen LogP contribution in [0.1, 0.15) is 69.2 Å². The monoisotopic (exact) mass is 256 g/mol. The van der Waals surface area contributed by atoms with Gasteiger partial charge in [0.15, 0.2) is 0 Å². The zero-order valence-electron chi connectivity index (χ0n) is 13.2. The second kappa shape index (κ2) is 7.99. The molecule has 0 N–H and O–H groups in total. The average molecular weight is 256 g/mol. The van der Waals surface area contributed by atoms with E-state index in [1.807, 2.05) is 27.7 Å². The minimum atomic E-state index is 1.10. The summed E-state index contributed by atoms with van der Waals surface area (Å²) in [6, 6.07) is 4.59.